The third kappa shape index (κ3) is 7.52. The van der Waals surface area contributed by atoms with Crippen molar-refractivity contribution in [3.63, 3.8) is 0 Å². The van der Waals surface area contributed by atoms with Crippen LogP contribution in [0.5, 0.6) is 17.2 Å². The number of carbonyl (C=O) groups excluding carboxylic acids is 2. The number of nitrogens with zero attached hydrogens (tertiary/aromatic N) is 6. The Labute approximate surface area is 394 Å². The molecule has 3 aliphatic rings. The maximum atomic E-state index is 15.7. The number of fused-ring (bicyclic) bond motifs is 4. The molecule has 68 heavy (non-hydrogen) atoms. The molecule has 7 aromatic rings. The molecule has 344 valence electrons. The van der Waals surface area contributed by atoms with E-state index < -0.39 is 30.6 Å². The van der Waals surface area contributed by atoms with Crippen molar-refractivity contribution in [3.8, 4) is 17.2 Å². The molecule has 5 atom stereocenters. The molecule has 1 spiro atoms. The number of aryl methyl sites for hydroxylation is 1. The van der Waals surface area contributed by atoms with Gasteiger partial charge in [0.25, 0.3) is 17.5 Å². The highest BCUT2D eigenvalue weighted by atomic mass is 28.3. The van der Waals surface area contributed by atoms with Gasteiger partial charge in [0, 0.05) is 42.0 Å². The summed E-state index contributed by atoms with van der Waals surface area (Å²) in [5.41, 5.74) is 2.94. The van der Waals surface area contributed by atoms with Gasteiger partial charge in [-0.05, 0) is 77.7 Å². The minimum Gasteiger partial charge on any atom is -0.497 e. The molecule has 1 N–H and O–H groups in total. The molecule has 1 saturated heterocycles. The third-order valence-electron chi connectivity index (χ3n) is 14.1. The standard InChI is InChI=1S/C53H50N6O8Si/c1-34-50(68(3,4)40-24-22-39(65-2)23-25-40)49(27-28-56-32-44(54-55-56)42(33-60)36-14-6-5-7-15-36)67-53(34)43-30-38(59(63)64)21-26-45(43)57(52(53)62)31-35-13-12-16-37(29-35)58-46-18-9-11-20-48(46)66-47-19-10-8-17-41(47)51(58)61/h5-26,29-30,32,34,42,49-50,60H,27-28,31,33H2,1-4H3/t34-,42?,49+,50-,53+/m0/s1. The van der Waals surface area contributed by atoms with Crippen molar-refractivity contribution < 1.29 is 33.8 Å². The molecule has 4 heterocycles. The van der Waals surface area contributed by atoms with Gasteiger partial charge in [-0.3, -0.25) is 29.3 Å². The minimum absolute atomic E-state index is 0.0931. The highest BCUT2D eigenvalue weighted by Crippen LogP contribution is 2.60. The SMILES string of the molecule is COc1ccc([Si](C)(C)[C@@H]2[C@@H](CCn3cc(C(CO)c4ccccc4)nn3)O[C@]3(C(=O)N(Cc4cccc(N5C(=O)c6ccccc6Oc6ccccc65)c4)c4ccc([N+](=O)[O-])cc43)[C@H]2C)cc1. The molecule has 2 amide bonds. The number of non-ortho nitro benzene ring substituents is 1. The van der Waals surface area contributed by atoms with Crippen LogP contribution in [0.2, 0.25) is 18.6 Å². The van der Waals surface area contributed by atoms with Gasteiger partial charge < -0.3 is 24.2 Å². The van der Waals surface area contributed by atoms with E-state index in [9.17, 15) is 20.0 Å². The summed E-state index contributed by atoms with van der Waals surface area (Å²) in [5.74, 6) is 0.335. The first kappa shape index (κ1) is 44.4. The van der Waals surface area contributed by atoms with Crippen LogP contribution in [0.25, 0.3) is 0 Å². The van der Waals surface area contributed by atoms with Crippen LogP contribution in [0, 0.1) is 16.0 Å². The number of anilines is 3. The number of carbonyl (C=O) groups is 2. The van der Waals surface area contributed by atoms with Gasteiger partial charge in [-0.15, -0.1) is 5.10 Å². The van der Waals surface area contributed by atoms with E-state index in [1.165, 1.54) is 12.1 Å². The average molecular weight is 927 g/mol. The summed E-state index contributed by atoms with van der Waals surface area (Å²) in [5, 5.41) is 33.0. The van der Waals surface area contributed by atoms with Gasteiger partial charge in [0.1, 0.15) is 11.5 Å². The molecule has 1 fully saturated rings. The topological polar surface area (TPSA) is 162 Å². The van der Waals surface area contributed by atoms with Crippen LogP contribution in [0.1, 0.15) is 52.0 Å². The Morgan fingerprint density at radius 2 is 1.60 bits per heavy atom. The van der Waals surface area contributed by atoms with E-state index in [2.05, 4.69) is 42.5 Å². The van der Waals surface area contributed by atoms with Crippen LogP contribution in [0.15, 0.2) is 152 Å². The number of ether oxygens (including phenoxy) is 3. The monoisotopic (exact) mass is 926 g/mol. The van der Waals surface area contributed by atoms with Gasteiger partial charge in [0.2, 0.25) is 0 Å². The lowest BCUT2D eigenvalue weighted by molar-refractivity contribution is -0.385. The third-order valence-corrected chi connectivity index (χ3v) is 18.5. The molecule has 15 heteroatoms. The molecular formula is C53H50N6O8Si. The van der Waals surface area contributed by atoms with Crippen LogP contribution in [0.4, 0.5) is 22.7 Å². The van der Waals surface area contributed by atoms with Gasteiger partial charge in [-0.2, -0.15) is 0 Å². The number of hydrogen-bond acceptors (Lipinski definition) is 10. The van der Waals surface area contributed by atoms with Crippen LogP contribution in [-0.4, -0.2) is 64.7 Å². The van der Waals surface area contributed by atoms with Crippen LogP contribution in [-0.2, 0) is 28.2 Å². The van der Waals surface area contributed by atoms with E-state index >= 15 is 4.79 Å². The Hall–Kier alpha value is -7.46. The Morgan fingerprint density at radius 1 is 0.868 bits per heavy atom. The van der Waals surface area contributed by atoms with E-state index in [0.29, 0.717) is 58.3 Å². The van der Waals surface area contributed by atoms with Crippen molar-refractivity contribution in [3.05, 3.63) is 190 Å². The summed E-state index contributed by atoms with van der Waals surface area (Å²) in [6, 6.07) is 44.4. The molecule has 10 rings (SSSR count). The molecular weight excluding hydrogens is 877 g/mol. The molecule has 0 aliphatic carbocycles. The number of benzene rings is 6. The number of nitro benzene ring substituents is 1. The molecule has 1 aromatic heterocycles. The summed E-state index contributed by atoms with van der Waals surface area (Å²) in [4.78, 5) is 45.4. The largest absolute Gasteiger partial charge is 0.497 e. The summed E-state index contributed by atoms with van der Waals surface area (Å²) in [7, 11) is -0.954. The molecule has 14 nitrogen and oxygen atoms in total. The fraction of sp³-hybridized carbons (Fsp3) is 0.245. The van der Waals surface area contributed by atoms with Gasteiger partial charge in [0.15, 0.2) is 11.4 Å². The minimum atomic E-state index is -2.59. The first-order valence-corrected chi connectivity index (χ1v) is 25.8. The van der Waals surface area contributed by atoms with Crippen LogP contribution >= 0.6 is 0 Å². The highest BCUT2D eigenvalue weighted by molar-refractivity contribution is 6.91. The number of para-hydroxylation sites is 3. The summed E-state index contributed by atoms with van der Waals surface area (Å²) in [6.45, 7) is 6.98. The maximum absolute atomic E-state index is 15.7. The average Bonchev–Trinajstić information content (AvgIpc) is 3.99. The van der Waals surface area contributed by atoms with Gasteiger partial charge in [-0.25, -0.2) is 0 Å². The zero-order valence-electron chi connectivity index (χ0n) is 38.1. The lowest BCUT2D eigenvalue weighted by Crippen LogP contribution is -2.51. The summed E-state index contributed by atoms with van der Waals surface area (Å²) >= 11 is 0. The molecule has 3 aliphatic heterocycles. The second-order valence-corrected chi connectivity index (χ2v) is 22.9. The summed E-state index contributed by atoms with van der Waals surface area (Å²) in [6.07, 6.45) is 1.82. The molecule has 1 unspecified atom stereocenters. The Morgan fingerprint density at radius 3 is 2.35 bits per heavy atom. The lowest BCUT2D eigenvalue weighted by Gasteiger charge is -2.37. The first-order valence-electron chi connectivity index (χ1n) is 22.7. The van der Waals surface area contributed by atoms with E-state index in [1.54, 1.807) is 45.9 Å². The fourth-order valence-electron chi connectivity index (χ4n) is 10.8. The van der Waals surface area contributed by atoms with Crippen LogP contribution < -0.4 is 24.5 Å². The molecule has 0 radical (unpaired) electrons. The van der Waals surface area contributed by atoms with E-state index in [1.807, 2.05) is 103 Å². The number of amides is 2. The Bertz CT molecular complexity index is 3050. The van der Waals surface area contributed by atoms with Gasteiger partial charge >= 0.3 is 0 Å². The van der Waals surface area contributed by atoms with Crippen molar-refractivity contribution in [2.24, 2.45) is 5.92 Å². The number of aromatic nitrogens is 3. The van der Waals surface area contributed by atoms with Gasteiger partial charge in [-0.1, -0.05) is 109 Å². The fourth-order valence-corrected chi connectivity index (χ4v) is 14.8. The second-order valence-electron chi connectivity index (χ2n) is 18.2. The van der Waals surface area contributed by atoms with E-state index in [-0.39, 0.29) is 42.1 Å². The molecule has 0 bridgehead atoms. The number of aliphatic hydroxyl groups is 1. The number of hydrogen-bond donors (Lipinski definition) is 1. The van der Waals surface area contributed by atoms with Crippen LogP contribution in [0.3, 0.4) is 0 Å². The van der Waals surface area contributed by atoms with E-state index in [0.717, 1.165) is 22.1 Å². The van der Waals surface area contributed by atoms with Crippen molar-refractivity contribution in [2.75, 3.05) is 23.5 Å². The zero-order valence-corrected chi connectivity index (χ0v) is 39.1. The quantitative estimate of drug-likeness (QED) is 0.0670. The lowest BCUT2D eigenvalue weighted by atomic mass is 9.82. The van der Waals surface area contributed by atoms with Crippen molar-refractivity contribution in [1.29, 1.82) is 0 Å². The number of nitro groups is 1. The second kappa shape index (κ2) is 17.6. The summed E-state index contributed by atoms with van der Waals surface area (Å²) < 4.78 is 20.9. The van der Waals surface area contributed by atoms with E-state index in [4.69, 9.17) is 14.2 Å². The maximum Gasteiger partial charge on any atom is 0.269 e. The predicted molar refractivity (Wildman–Crippen MR) is 260 cm³/mol. The number of methoxy groups -OCH3 is 1. The normalized spacial score (nSPS) is 20.1. The van der Waals surface area contributed by atoms with Crippen molar-refractivity contribution in [2.45, 2.75) is 62.7 Å². The highest BCUT2D eigenvalue weighted by Gasteiger charge is 2.66. The molecule has 0 saturated carbocycles. The van der Waals surface area contributed by atoms with Crippen molar-refractivity contribution >= 4 is 47.8 Å². The smallest absolute Gasteiger partial charge is 0.269 e. The molecule has 6 aromatic carbocycles. The predicted octanol–water partition coefficient (Wildman–Crippen LogP) is 9.26. The van der Waals surface area contributed by atoms with Gasteiger partial charge in [0.05, 0.1) is 67.9 Å². The number of rotatable bonds is 13. The first-order chi connectivity index (χ1) is 32.9. The number of aliphatic hydroxyl groups excluding tert-OH is 1. The zero-order chi connectivity index (χ0) is 47.3. The Kier molecular flexibility index (Phi) is 11.5. The Balaban J connectivity index is 1.02. The van der Waals surface area contributed by atoms with Crippen molar-refractivity contribution in [1.82, 2.24) is 15.0 Å².